The average molecular weight is 454 g/mol. The van der Waals surface area contributed by atoms with Crippen molar-refractivity contribution in [1.29, 1.82) is 0 Å². The Morgan fingerprint density at radius 1 is 0.588 bits per heavy atom. The molecule has 0 spiro atoms. The van der Waals surface area contributed by atoms with Crippen LogP contribution in [0.15, 0.2) is 79.1 Å². The number of aromatic nitrogens is 3. The van der Waals surface area contributed by atoms with Gasteiger partial charge in [0.05, 0.1) is 36.0 Å². The lowest BCUT2D eigenvalue weighted by Crippen LogP contribution is -2.00. The Balaban J connectivity index is 1.79. The van der Waals surface area contributed by atoms with E-state index >= 15 is 0 Å². The third-order valence-electron chi connectivity index (χ3n) is 5.43. The summed E-state index contributed by atoms with van der Waals surface area (Å²) in [5.74, 6) is 1.63. The van der Waals surface area contributed by atoms with Gasteiger partial charge in [0.1, 0.15) is 11.5 Å². The van der Waals surface area contributed by atoms with Crippen LogP contribution >= 0.6 is 0 Å². The lowest BCUT2D eigenvalue weighted by molar-refractivity contribution is 0.294. The van der Waals surface area contributed by atoms with Crippen molar-refractivity contribution in [3.05, 3.63) is 79.1 Å². The van der Waals surface area contributed by atoms with Crippen LogP contribution in [-0.4, -0.2) is 28.2 Å². The maximum absolute atomic E-state index is 6.06. The molecule has 0 aliphatic heterocycles. The summed E-state index contributed by atoms with van der Waals surface area (Å²) in [7, 11) is 0. The normalized spacial score (nSPS) is 10.8. The Morgan fingerprint density at radius 3 is 1.53 bits per heavy atom. The van der Waals surface area contributed by atoms with Gasteiger partial charge in [0.15, 0.2) is 0 Å². The van der Waals surface area contributed by atoms with Crippen LogP contribution in [0.3, 0.4) is 0 Å². The third-order valence-corrected chi connectivity index (χ3v) is 5.43. The van der Waals surface area contributed by atoms with Crippen molar-refractivity contribution in [3.8, 4) is 45.4 Å². The molecular weight excluding hydrogens is 422 g/mol. The van der Waals surface area contributed by atoms with Crippen molar-refractivity contribution < 1.29 is 9.47 Å². The summed E-state index contributed by atoms with van der Waals surface area (Å²) in [4.78, 5) is 13.9. The highest BCUT2D eigenvalue weighted by molar-refractivity contribution is 5.76. The molecule has 0 amide bonds. The molecular formula is C29H31N3O2. The van der Waals surface area contributed by atoms with Crippen molar-refractivity contribution in [2.45, 2.75) is 39.5 Å². The van der Waals surface area contributed by atoms with Crippen LogP contribution in [0.4, 0.5) is 0 Å². The highest BCUT2D eigenvalue weighted by atomic mass is 16.5. The van der Waals surface area contributed by atoms with Gasteiger partial charge in [0.25, 0.3) is 0 Å². The molecule has 0 atom stereocenters. The Morgan fingerprint density at radius 2 is 1.09 bits per heavy atom. The summed E-state index contributed by atoms with van der Waals surface area (Å²) < 4.78 is 12.1. The minimum absolute atomic E-state index is 0.684. The van der Waals surface area contributed by atoms with Crippen LogP contribution in [0.5, 0.6) is 11.5 Å². The minimum Gasteiger partial charge on any atom is -0.493 e. The molecule has 0 aliphatic rings. The lowest BCUT2D eigenvalue weighted by atomic mass is 10.0. The van der Waals surface area contributed by atoms with Crippen molar-refractivity contribution in [3.63, 3.8) is 0 Å². The number of pyridine rings is 3. The van der Waals surface area contributed by atoms with Gasteiger partial charge in [0, 0.05) is 18.5 Å². The molecule has 174 valence electrons. The van der Waals surface area contributed by atoms with Crippen molar-refractivity contribution in [2.75, 3.05) is 13.2 Å². The second-order valence-corrected chi connectivity index (χ2v) is 8.15. The van der Waals surface area contributed by atoms with Gasteiger partial charge in [-0.3, -0.25) is 9.97 Å². The fourth-order valence-electron chi connectivity index (χ4n) is 3.56. The monoisotopic (exact) mass is 453 g/mol. The van der Waals surface area contributed by atoms with Crippen LogP contribution < -0.4 is 9.47 Å². The molecule has 4 aromatic rings. The topological polar surface area (TPSA) is 57.1 Å². The number of benzene rings is 1. The Bertz CT molecular complexity index is 1090. The fraction of sp³-hybridized carbons (Fsp3) is 0.276. The van der Waals surface area contributed by atoms with Gasteiger partial charge in [-0.05, 0) is 72.5 Å². The van der Waals surface area contributed by atoms with E-state index in [0.29, 0.717) is 13.2 Å². The second-order valence-electron chi connectivity index (χ2n) is 8.15. The van der Waals surface area contributed by atoms with Gasteiger partial charge < -0.3 is 9.47 Å². The summed E-state index contributed by atoms with van der Waals surface area (Å²) in [6.07, 6.45) is 7.77. The molecule has 0 aliphatic carbocycles. The number of hydrogen-bond acceptors (Lipinski definition) is 5. The number of hydrogen-bond donors (Lipinski definition) is 0. The van der Waals surface area contributed by atoms with Gasteiger partial charge in [-0.25, -0.2) is 4.98 Å². The summed E-state index contributed by atoms with van der Waals surface area (Å²) in [5.41, 5.74) is 5.25. The molecule has 5 heteroatoms. The fourth-order valence-corrected chi connectivity index (χ4v) is 3.56. The predicted molar refractivity (Wildman–Crippen MR) is 137 cm³/mol. The van der Waals surface area contributed by atoms with E-state index in [-0.39, 0.29) is 0 Å². The molecule has 3 heterocycles. The molecule has 5 nitrogen and oxygen atoms in total. The highest BCUT2D eigenvalue weighted by Gasteiger charge is 2.12. The second kappa shape index (κ2) is 11.9. The first kappa shape index (κ1) is 23.4. The van der Waals surface area contributed by atoms with Crippen molar-refractivity contribution in [1.82, 2.24) is 15.0 Å². The Hall–Kier alpha value is -3.73. The number of rotatable bonds is 11. The van der Waals surface area contributed by atoms with Gasteiger partial charge in [0.2, 0.25) is 0 Å². The zero-order valence-corrected chi connectivity index (χ0v) is 19.9. The molecule has 3 aromatic heterocycles. The van der Waals surface area contributed by atoms with E-state index in [4.69, 9.17) is 14.5 Å². The first-order valence-electron chi connectivity index (χ1n) is 12.0. The lowest BCUT2D eigenvalue weighted by Gasteiger charge is -2.14. The van der Waals surface area contributed by atoms with Gasteiger partial charge in [-0.15, -0.1) is 0 Å². The number of unbranched alkanes of at least 4 members (excludes halogenated alkanes) is 2. The predicted octanol–water partition coefficient (Wildman–Crippen LogP) is 7.23. The number of ether oxygens (including phenoxy) is 2. The molecule has 0 saturated heterocycles. The maximum Gasteiger partial charge on any atom is 0.123 e. The van der Waals surface area contributed by atoms with Crippen molar-refractivity contribution in [2.24, 2.45) is 0 Å². The van der Waals surface area contributed by atoms with Gasteiger partial charge in [-0.2, -0.15) is 0 Å². The Labute approximate surface area is 201 Å². The van der Waals surface area contributed by atoms with Crippen LogP contribution in [0.2, 0.25) is 0 Å². The van der Waals surface area contributed by atoms with Gasteiger partial charge >= 0.3 is 0 Å². The smallest absolute Gasteiger partial charge is 0.123 e. The SMILES string of the molecule is CCCCOc1cc(OCCCC)cc(-c2cc(-c3ccccn3)nc(-c3ccccn3)c2)c1. The molecule has 1 aromatic carbocycles. The quantitative estimate of drug-likeness (QED) is 0.224. The van der Waals surface area contributed by atoms with E-state index in [1.807, 2.05) is 42.5 Å². The molecule has 34 heavy (non-hydrogen) atoms. The Kier molecular flexibility index (Phi) is 8.22. The minimum atomic E-state index is 0.684. The van der Waals surface area contributed by atoms with Crippen LogP contribution in [-0.2, 0) is 0 Å². The summed E-state index contributed by atoms with van der Waals surface area (Å²) in [6.45, 7) is 5.69. The third kappa shape index (κ3) is 6.19. The largest absolute Gasteiger partial charge is 0.493 e. The molecule has 0 N–H and O–H groups in total. The van der Waals surface area contributed by atoms with Crippen LogP contribution in [0.25, 0.3) is 33.9 Å². The zero-order valence-electron chi connectivity index (χ0n) is 19.9. The highest BCUT2D eigenvalue weighted by Crippen LogP contribution is 2.34. The standard InChI is InChI=1S/C29H31N3O2/c1-3-5-15-33-24-17-22(18-25(21-24)34-16-6-4-2)23-19-28(26-11-7-9-13-30-26)32-29(20-23)27-12-8-10-14-31-27/h7-14,17-21H,3-6,15-16H2,1-2H3. The molecule has 4 rings (SSSR count). The van der Waals surface area contributed by atoms with E-state index in [1.54, 1.807) is 12.4 Å². The summed E-state index contributed by atoms with van der Waals surface area (Å²) in [5, 5.41) is 0. The molecule has 0 bridgehead atoms. The van der Waals surface area contributed by atoms with Crippen LogP contribution in [0.1, 0.15) is 39.5 Å². The average Bonchev–Trinajstić information content (AvgIpc) is 2.90. The zero-order chi connectivity index (χ0) is 23.6. The van der Waals surface area contributed by atoms with Gasteiger partial charge in [-0.1, -0.05) is 38.8 Å². The first-order chi connectivity index (χ1) is 16.8. The molecule has 0 saturated carbocycles. The molecule has 0 unspecified atom stereocenters. The van der Waals surface area contributed by atoms with Crippen LogP contribution in [0, 0.1) is 0 Å². The summed E-state index contributed by atoms with van der Waals surface area (Å²) >= 11 is 0. The van der Waals surface area contributed by atoms with E-state index < -0.39 is 0 Å². The van der Waals surface area contributed by atoms with E-state index in [9.17, 15) is 0 Å². The molecule has 0 fully saturated rings. The summed E-state index contributed by atoms with van der Waals surface area (Å²) in [6, 6.07) is 22.0. The first-order valence-corrected chi connectivity index (χ1v) is 12.0. The number of nitrogens with zero attached hydrogens (tertiary/aromatic N) is 3. The molecule has 0 radical (unpaired) electrons. The van der Waals surface area contributed by atoms with Crippen molar-refractivity contribution >= 4 is 0 Å². The van der Waals surface area contributed by atoms with E-state index in [2.05, 4.69) is 48.1 Å². The van der Waals surface area contributed by atoms with E-state index in [0.717, 1.165) is 71.1 Å². The van der Waals surface area contributed by atoms with E-state index in [1.165, 1.54) is 0 Å². The maximum atomic E-state index is 6.06.